The maximum Gasteiger partial charge on any atom is 0.472 e. The Morgan fingerprint density at radius 1 is 0.484 bits per heavy atom. The van der Waals surface area contributed by atoms with E-state index in [1.54, 1.807) is 0 Å². The Morgan fingerprint density at radius 3 is 1.28 bits per heavy atom. The number of phosphoric acid groups is 1. The molecule has 0 saturated carbocycles. The normalized spacial score (nSPS) is 13.8. The quantitative estimate of drug-likeness (QED) is 0.0265. The van der Waals surface area contributed by atoms with Gasteiger partial charge in [-0.15, -0.1) is 0 Å². The van der Waals surface area contributed by atoms with Crippen molar-refractivity contribution in [1.82, 2.24) is 0 Å². The van der Waals surface area contributed by atoms with Gasteiger partial charge in [0.1, 0.15) is 6.61 Å². The van der Waals surface area contributed by atoms with Gasteiger partial charge in [0, 0.05) is 19.4 Å². The first-order chi connectivity index (χ1) is 31.3. The Hall–Kier alpha value is -2.55. The van der Waals surface area contributed by atoms with Crippen molar-refractivity contribution in [3.8, 4) is 0 Å². The molecule has 0 aromatic heterocycles. The van der Waals surface area contributed by atoms with Gasteiger partial charge in [-0.1, -0.05) is 222 Å². The van der Waals surface area contributed by atoms with Crippen LogP contribution in [0, 0.1) is 0 Å². The van der Waals surface area contributed by atoms with Gasteiger partial charge in [0.05, 0.1) is 13.2 Å². The lowest BCUT2D eigenvalue weighted by molar-refractivity contribution is -0.161. The van der Waals surface area contributed by atoms with E-state index in [1.165, 1.54) is 122 Å². The lowest BCUT2D eigenvalue weighted by Crippen LogP contribution is -2.29. The molecule has 0 aliphatic rings. The maximum absolute atomic E-state index is 12.6. The average molecular weight is 918 g/mol. The number of unbranched alkanes of at least 4 members (excludes halogenated alkanes) is 23. The molecule has 9 nitrogen and oxygen atoms in total. The van der Waals surface area contributed by atoms with Gasteiger partial charge in [0.15, 0.2) is 6.10 Å². The smallest absolute Gasteiger partial charge is 0.462 e. The van der Waals surface area contributed by atoms with Crippen molar-refractivity contribution in [1.29, 1.82) is 0 Å². The summed E-state index contributed by atoms with van der Waals surface area (Å²) in [5.74, 6) is -0.875. The minimum Gasteiger partial charge on any atom is -0.462 e. The topological polar surface area (TPSA) is 134 Å². The number of ether oxygens (including phenoxy) is 2. The Kier molecular flexibility index (Phi) is 47.9. The van der Waals surface area contributed by atoms with Crippen LogP contribution >= 0.6 is 7.82 Å². The zero-order valence-corrected chi connectivity index (χ0v) is 41.9. The second-order valence-electron chi connectivity index (χ2n) is 17.0. The summed E-state index contributed by atoms with van der Waals surface area (Å²) < 4.78 is 32.9. The minimum atomic E-state index is -4.40. The first-order valence-electron chi connectivity index (χ1n) is 25.9. The summed E-state index contributed by atoms with van der Waals surface area (Å²) in [7, 11) is -4.40. The molecule has 2 atom stereocenters. The first kappa shape index (κ1) is 61.5. The molecular weight excluding hydrogens is 822 g/mol. The number of phosphoric ester groups is 1. The van der Waals surface area contributed by atoms with Crippen molar-refractivity contribution in [2.24, 2.45) is 5.73 Å². The number of allylic oxidation sites excluding steroid dienone is 12. The van der Waals surface area contributed by atoms with Gasteiger partial charge in [0.25, 0.3) is 0 Å². The zero-order valence-electron chi connectivity index (χ0n) is 41.0. The molecule has 0 spiro atoms. The molecule has 3 N–H and O–H groups in total. The minimum absolute atomic E-state index is 0.0437. The van der Waals surface area contributed by atoms with Gasteiger partial charge in [-0.05, 0) is 64.2 Å². The predicted molar refractivity (Wildman–Crippen MR) is 270 cm³/mol. The van der Waals surface area contributed by atoms with Crippen LogP contribution in [0.4, 0.5) is 0 Å². The number of esters is 2. The lowest BCUT2D eigenvalue weighted by atomic mass is 10.0. The highest BCUT2D eigenvalue weighted by Crippen LogP contribution is 2.43. The SMILES string of the molecule is CC/C=C\C/C=C\C/C=C\C/C=C\C/C=C\C/C=C\CCCCC(=O)OC(COC(=O)CCCCCCCCCCCCCCCCCCCCCCCC)COP(=O)(O)OCCN. The molecule has 0 amide bonds. The zero-order chi connectivity index (χ0) is 46.7. The fraction of sp³-hybridized carbons (Fsp3) is 0.741. The third kappa shape index (κ3) is 48.9. The summed E-state index contributed by atoms with van der Waals surface area (Å²) in [4.78, 5) is 35.1. The number of carbonyl (C=O) groups excluding carboxylic acids is 2. The third-order valence-electron chi connectivity index (χ3n) is 10.9. The molecule has 0 saturated heterocycles. The van der Waals surface area contributed by atoms with Gasteiger partial charge >= 0.3 is 19.8 Å². The average Bonchev–Trinajstić information content (AvgIpc) is 3.28. The molecule has 0 heterocycles. The van der Waals surface area contributed by atoms with Crippen LogP contribution in [0.1, 0.15) is 226 Å². The number of rotatable bonds is 48. The second kappa shape index (κ2) is 49.9. The highest BCUT2D eigenvalue weighted by molar-refractivity contribution is 7.47. The molecule has 370 valence electrons. The van der Waals surface area contributed by atoms with E-state index in [4.69, 9.17) is 24.3 Å². The summed E-state index contributed by atoms with van der Waals surface area (Å²) in [6.45, 7) is 3.59. The van der Waals surface area contributed by atoms with Crippen LogP contribution in [-0.4, -0.2) is 49.3 Å². The van der Waals surface area contributed by atoms with Gasteiger partial charge in [-0.3, -0.25) is 18.6 Å². The largest absolute Gasteiger partial charge is 0.472 e. The van der Waals surface area contributed by atoms with E-state index in [1.807, 2.05) is 0 Å². The van der Waals surface area contributed by atoms with Crippen LogP contribution < -0.4 is 5.73 Å². The van der Waals surface area contributed by atoms with Crippen molar-refractivity contribution < 1.29 is 37.6 Å². The highest BCUT2D eigenvalue weighted by Gasteiger charge is 2.26. The Morgan fingerprint density at radius 2 is 0.859 bits per heavy atom. The van der Waals surface area contributed by atoms with E-state index in [0.29, 0.717) is 6.42 Å². The summed E-state index contributed by atoms with van der Waals surface area (Å²) in [5.41, 5.74) is 5.36. The van der Waals surface area contributed by atoms with Crippen molar-refractivity contribution in [3.05, 3.63) is 72.9 Å². The molecule has 10 heteroatoms. The van der Waals surface area contributed by atoms with Crippen LogP contribution in [-0.2, 0) is 32.7 Å². The molecule has 0 radical (unpaired) electrons. The molecule has 0 aliphatic carbocycles. The summed E-state index contributed by atoms with van der Waals surface area (Å²) in [6, 6.07) is 0. The Bertz CT molecular complexity index is 1280. The van der Waals surface area contributed by atoms with Gasteiger partial charge in [-0.25, -0.2) is 4.57 Å². The monoisotopic (exact) mass is 918 g/mol. The number of hydrogen-bond acceptors (Lipinski definition) is 8. The molecule has 0 aromatic rings. The third-order valence-corrected chi connectivity index (χ3v) is 11.8. The van der Waals surface area contributed by atoms with Gasteiger partial charge in [0.2, 0.25) is 0 Å². The summed E-state index contributed by atoms with van der Waals surface area (Å²) >= 11 is 0. The molecule has 0 fully saturated rings. The predicted octanol–water partition coefficient (Wildman–Crippen LogP) is 15.8. The van der Waals surface area contributed by atoms with Crippen molar-refractivity contribution in [2.75, 3.05) is 26.4 Å². The Balaban J connectivity index is 4.11. The summed E-state index contributed by atoms with van der Waals surface area (Å²) in [5, 5.41) is 0. The molecule has 0 aromatic carbocycles. The second-order valence-corrected chi connectivity index (χ2v) is 18.5. The number of nitrogens with two attached hydrogens (primary N) is 1. The number of carbonyl (C=O) groups is 2. The van der Waals surface area contributed by atoms with E-state index in [2.05, 4.69) is 86.8 Å². The van der Waals surface area contributed by atoms with Crippen LogP contribution in [0.2, 0.25) is 0 Å². The molecule has 0 bridgehead atoms. The molecular formula is C54H96NO8P. The maximum atomic E-state index is 12.6. The van der Waals surface area contributed by atoms with Crippen LogP contribution in [0.25, 0.3) is 0 Å². The standard InChI is InChI=1S/C54H96NO8P/c1-3-5-7-9-11-13-15-17-19-21-23-25-27-28-30-32-34-36-38-40-42-44-46-53(56)60-50-52(51-62-64(58,59)61-49-48-55)63-54(57)47-45-43-41-39-37-35-33-31-29-26-24-22-20-18-16-14-12-10-8-6-4-2/h6,8,12,14,18,20,24,26,31,33,37,39,52H,3-5,7,9-11,13,15-17,19,21-23,25,27-30,32,34-36,38,40-51,55H2,1-2H3,(H,58,59)/b8-6-,14-12-,20-18-,26-24-,33-31-,39-37-. The van der Waals surface area contributed by atoms with Crippen LogP contribution in [0.15, 0.2) is 72.9 Å². The number of hydrogen-bond donors (Lipinski definition) is 2. The van der Waals surface area contributed by atoms with E-state index in [0.717, 1.165) is 70.6 Å². The fourth-order valence-electron chi connectivity index (χ4n) is 7.05. The molecule has 0 rings (SSSR count). The fourth-order valence-corrected chi connectivity index (χ4v) is 7.82. The Labute approximate surface area is 392 Å². The highest BCUT2D eigenvalue weighted by atomic mass is 31.2. The molecule has 64 heavy (non-hydrogen) atoms. The molecule has 0 aliphatic heterocycles. The van der Waals surface area contributed by atoms with Crippen LogP contribution in [0.3, 0.4) is 0 Å². The van der Waals surface area contributed by atoms with E-state index >= 15 is 0 Å². The van der Waals surface area contributed by atoms with E-state index < -0.39 is 32.5 Å². The van der Waals surface area contributed by atoms with Gasteiger partial charge < -0.3 is 20.1 Å². The van der Waals surface area contributed by atoms with Crippen molar-refractivity contribution in [3.63, 3.8) is 0 Å². The first-order valence-corrected chi connectivity index (χ1v) is 27.4. The van der Waals surface area contributed by atoms with Crippen LogP contribution in [0.5, 0.6) is 0 Å². The van der Waals surface area contributed by atoms with Crippen molar-refractivity contribution >= 4 is 19.8 Å². The van der Waals surface area contributed by atoms with E-state index in [9.17, 15) is 19.0 Å². The van der Waals surface area contributed by atoms with Crippen molar-refractivity contribution in [2.45, 2.75) is 232 Å². The lowest BCUT2D eigenvalue weighted by Gasteiger charge is -2.19. The molecule has 2 unspecified atom stereocenters. The summed E-state index contributed by atoms with van der Waals surface area (Å²) in [6.07, 6.45) is 62.3. The van der Waals surface area contributed by atoms with E-state index in [-0.39, 0.29) is 32.6 Å². The van der Waals surface area contributed by atoms with Gasteiger partial charge in [-0.2, -0.15) is 0 Å².